The van der Waals surface area contributed by atoms with Crippen molar-refractivity contribution in [2.45, 2.75) is 32.2 Å². The van der Waals surface area contributed by atoms with Crippen LogP contribution < -0.4 is 5.32 Å². The van der Waals surface area contributed by atoms with Gasteiger partial charge in [-0.3, -0.25) is 0 Å². The van der Waals surface area contributed by atoms with Crippen LogP contribution in [0.5, 0.6) is 0 Å². The van der Waals surface area contributed by atoms with Gasteiger partial charge in [0, 0.05) is 19.2 Å². The van der Waals surface area contributed by atoms with Gasteiger partial charge in [-0.25, -0.2) is 0 Å². The molecule has 0 aromatic rings. The molecule has 1 heterocycles. The molecule has 1 N–H and O–H groups in total. The van der Waals surface area contributed by atoms with E-state index in [1.165, 1.54) is 25.8 Å². The maximum atomic E-state index is 5.33. The predicted molar refractivity (Wildman–Crippen MR) is 49.1 cm³/mol. The van der Waals surface area contributed by atoms with Crippen molar-refractivity contribution in [1.29, 1.82) is 0 Å². The first-order chi connectivity index (χ1) is 5.86. The zero-order valence-corrected chi connectivity index (χ0v) is 7.88. The quantitative estimate of drug-likeness (QED) is 0.689. The van der Waals surface area contributed by atoms with Gasteiger partial charge in [0.1, 0.15) is 0 Å². The van der Waals surface area contributed by atoms with Crippen LogP contribution in [0, 0.1) is 11.8 Å². The first kappa shape index (κ1) is 8.52. The number of hydrogen-bond donors (Lipinski definition) is 1. The van der Waals surface area contributed by atoms with Crippen LogP contribution in [0.2, 0.25) is 0 Å². The molecular formula is C10H19NO. The molecule has 0 aromatic carbocycles. The molecule has 3 unspecified atom stereocenters. The van der Waals surface area contributed by atoms with Crippen molar-refractivity contribution in [3.63, 3.8) is 0 Å². The van der Waals surface area contributed by atoms with Crippen LogP contribution in [-0.2, 0) is 4.74 Å². The van der Waals surface area contributed by atoms with E-state index in [1.807, 2.05) is 0 Å². The normalized spacial score (nSPS) is 41.2. The first-order valence-electron chi connectivity index (χ1n) is 5.17. The molecule has 0 spiro atoms. The second kappa shape index (κ2) is 3.75. The second-order valence-corrected chi connectivity index (χ2v) is 4.30. The molecule has 70 valence electrons. The molecule has 2 nitrogen and oxygen atoms in total. The smallest absolute Gasteiger partial charge is 0.0507 e. The summed E-state index contributed by atoms with van der Waals surface area (Å²) in [4.78, 5) is 0. The first-order valence-corrected chi connectivity index (χ1v) is 5.17. The number of hydrogen-bond acceptors (Lipinski definition) is 2. The Bertz CT molecular complexity index is 141. The van der Waals surface area contributed by atoms with Gasteiger partial charge in [-0.2, -0.15) is 0 Å². The van der Waals surface area contributed by atoms with Gasteiger partial charge in [0.15, 0.2) is 0 Å². The summed E-state index contributed by atoms with van der Waals surface area (Å²) in [6.07, 6.45) is 4.06. The van der Waals surface area contributed by atoms with E-state index in [0.29, 0.717) is 0 Å². The fourth-order valence-electron chi connectivity index (χ4n) is 2.03. The largest absolute Gasteiger partial charge is 0.381 e. The molecular weight excluding hydrogens is 150 g/mol. The average Bonchev–Trinajstić information content (AvgIpc) is 2.54. The SMILES string of the molecule is CC1CCC1NCC1CCOC1. The lowest BCUT2D eigenvalue weighted by atomic mass is 9.81. The molecule has 2 aliphatic rings. The van der Waals surface area contributed by atoms with E-state index in [2.05, 4.69) is 12.2 Å². The Labute approximate surface area is 74.7 Å². The predicted octanol–water partition coefficient (Wildman–Crippen LogP) is 1.41. The van der Waals surface area contributed by atoms with Crippen LogP contribution in [0.15, 0.2) is 0 Å². The lowest BCUT2D eigenvalue weighted by molar-refractivity contribution is 0.177. The van der Waals surface area contributed by atoms with Crippen LogP contribution in [0.4, 0.5) is 0 Å². The molecule has 2 rings (SSSR count). The van der Waals surface area contributed by atoms with Crippen molar-refractivity contribution in [2.75, 3.05) is 19.8 Å². The van der Waals surface area contributed by atoms with E-state index in [1.54, 1.807) is 0 Å². The average molecular weight is 169 g/mol. The lowest BCUT2D eigenvalue weighted by Crippen LogP contribution is -2.44. The van der Waals surface area contributed by atoms with Crippen LogP contribution in [0.25, 0.3) is 0 Å². The monoisotopic (exact) mass is 169 g/mol. The van der Waals surface area contributed by atoms with Crippen molar-refractivity contribution >= 4 is 0 Å². The third-order valence-electron chi connectivity index (χ3n) is 3.31. The highest BCUT2D eigenvalue weighted by Crippen LogP contribution is 2.26. The van der Waals surface area contributed by atoms with E-state index in [9.17, 15) is 0 Å². The highest BCUT2D eigenvalue weighted by molar-refractivity contribution is 4.84. The molecule has 1 saturated carbocycles. The maximum Gasteiger partial charge on any atom is 0.0507 e. The van der Waals surface area contributed by atoms with Gasteiger partial charge in [-0.15, -0.1) is 0 Å². The molecule has 1 saturated heterocycles. The van der Waals surface area contributed by atoms with Gasteiger partial charge in [0.2, 0.25) is 0 Å². The Morgan fingerprint density at radius 1 is 1.33 bits per heavy atom. The molecule has 0 bridgehead atoms. The zero-order chi connectivity index (χ0) is 8.39. The van der Waals surface area contributed by atoms with E-state index in [0.717, 1.165) is 31.1 Å². The van der Waals surface area contributed by atoms with Crippen molar-refractivity contribution in [3.8, 4) is 0 Å². The molecule has 0 radical (unpaired) electrons. The Morgan fingerprint density at radius 3 is 2.75 bits per heavy atom. The molecule has 1 aliphatic carbocycles. The van der Waals surface area contributed by atoms with E-state index in [4.69, 9.17) is 4.74 Å². The number of rotatable bonds is 3. The Kier molecular flexibility index (Phi) is 2.66. The second-order valence-electron chi connectivity index (χ2n) is 4.30. The highest BCUT2D eigenvalue weighted by Gasteiger charge is 2.27. The summed E-state index contributed by atoms with van der Waals surface area (Å²) in [7, 11) is 0. The van der Waals surface area contributed by atoms with Crippen LogP contribution in [-0.4, -0.2) is 25.8 Å². The minimum absolute atomic E-state index is 0.790. The van der Waals surface area contributed by atoms with E-state index >= 15 is 0 Å². The Hall–Kier alpha value is -0.0800. The van der Waals surface area contributed by atoms with Gasteiger partial charge in [-0.05, 0) is 31.1 Å². The third kappa shape index (κ3) is 1.80. The minimum Gasteiger partial charge on any atom is -0.381 e. The topological polar surface area (TPSA) is 21.3 Å². The van der Waals surface area contributed by atoms with E-state index in [-0.39, 0.29) is 0 Å². The van der Waals surface area contributed by atoms with Gasteiger partial charge in [-0.1, -0.05) is 6.92 Å². The van der Waals surface area contributed by atoms with Crippen molar-refractivity contribution in [3.05, 3.63) is 0 Å². The summed E-state index contributed by atoms with van der Waals surface area (Å²) in [5.74, 6) is 1.70. The third-order valence-corrected chi connectivity index (χ3v) is 3.31. The molecule has 3 atom stereocenters. The fourth-order valence-corrected chi connectivity index (χ4v) is 2.03. The molecule has 1 aliphatic heterocycles. The van der Waals surface area contributed by atoms with Crippen LogP contribution >= 0.6 is 0 Å². The summed E-state index contributed by atoms with van der Waals surface area (Å²) in [5, 5.41) is 3.63. The Morgan fingerprint density at radius 2 is 2.25 bits per heavy atom. The maximum absolute atomic E-state index is 5.33. The van der Waals surface area contributed by atoms with E-state index < -0.39 is 0 Å². The highest BCUT2D eigenvalue weighted by atomic mass is 16.5. The summed E-state index contributed by atoms with van der Waals surface area (Å²) in [6.45, 7) is 5.47. The molecule has 12 heavy (non-hydrogen) atoms. The van der Waals surface area contributed by atoms with Gasteiger partial charge < -0.3 is 10.1 Å². The molecule has 2 heteroatoms. The van der Waals surface area contributed by atoms with Gasteiger partial charge in [0.05, 0.1) is 6.61 Å². The van der Waals surface area contributed by atoms with Crippen molar-refractivity contribution < 1.29 is 4.74 Å². The van der Waals surface area contributed by atoms with Crippen LogP contribution in [0.3, 0.4) is 0 Å². The molecule has 2 fully saturated rings. The summed E-state index contributed by atoms with van der Waals surface area (Å²) >= 11 is 0. The fraction of sp³-hybridized carbons (Fsp3) is 1.00. The van der Waals surface area contributed by atoms with Gasteiger partial charge in [0.25, 0.3) is 0 Å². The number of ether oxygens (including phenoxy) is 1. The van der Waals surface area contributed by atoms with Gasteiger partial charge >= 0.3 is 0 Å². The van der Waals surface area contributed by atoms with Crippen molar-refractivity contribution in [2.24, 2.45) is 11.8 Å². The summed E-state index contributed by atoms with van der Waals surface area (Å²) < 4.78 is 5.33. The molecule has 0 aromatic heterocycles. The standard InChI is InChI=1S/C10H19NO/c1-8-2-3-10(8)11-6-9-4-5-12-7-9/h8-11H,2-7H2,1H3. The van der Waals surface area contributed by atoms with Crippen molar-refractivity contribution in [1.82, 2.24) is 5.32 Å². The lowest BCUT2D eigenvalue weighted by Gasteiger charge is -2.35. The summed E-state index contributed by atoms with van der Waals surface area (Å²) in [6, 6.07) is 0.811. The molecule has 0 amide bonds. The van der Waals surface area contributed by atoms with Crippen LogP contribution in [0.1, 0.15) is 26.2 Å². The number of nitrogens with one attached hydrogen (secondary N) is 1. The Balaban J connectivity index is 1.61. The minimum atomic E-state index is 0.790. The zero-order valence-electron chi connectivity index (χ0n) is 7.88. The summed E-state index contributed by atoms with van der Waals surface area (Å²) in [5.41, 5.74) is 0.